The first-order valence-electron chi connectivity index (χ1n) is 11.0. The van der Waals surface area contributed by atoms with Crippen LogP contribution in [0.5, 0.6) is 0 Å². The quantitative estimate of drug-likeness (QED) is 0.586. The summed E-state index contributed by atoms with van der Waals surface area (Å²) in [6, 6.07) is 7.30. The Morgan fingerprint density at radius 3 is 2.81 bits per heavy atom. The van der Waals surface area contributed by atoms with Gasteiger partial charge in [0.25, 0.3) is 0 Å². The van der Waals surface area contributed by atoms with E-state index in [1.807, 2.05) is 0 Å². The highest BCUT2D eigenvalue weighted by molar-refractivity contribution is 5.66. The predicted molar refractivity (Wildman–Crippen MR) is 113 cm³/mol. The van der Waals surface area contributed by atoms with Crippen LogP contribution in [0.1, 0.15) is 82.4 Å². The first-order chi connectivity index (χ1) is 12.9. The average molecular weight is 369 g/mol. The molecule has 1 N–H and O–H groups in total. The van der Waals surface area contributed by atoms with Crippen LogP contribution in [0, 0.1) is 11.3 Å². The molecule has 0 amide bonds. The third-order valence-electron chi connectivity index (χ3n) is 7.66. The minimum absolute atomic E-state index is 0.132. The van der Waals surface area contributed by atoms with Crippen molar-refractivity contribution in [2.45, 2.75) is 83.7 Å². The maximum atomic E-state index is 5.80. The van der Waals surface area contributed by atoms with Crippen molar-refractivity contribution in [1.29, 1.82) is 0 Å². The molecule has 1 saturated carbocycles. The van der Waals surface area contributed by atoms with Gasteiger partial charge in [-0.25, -0.2) is 0 Å². The van der Waals surface area contributed by atoms with Crippen LogP contribution < -0.4 is 5.32 Å². The molecule has 3 heteroatoms. The van der Waals surface area contributed by atoms with Gasteiger partial charge >= 0.3 is 0 Å². The number of nitrogens with one attached hydrogen (secondary N) is 1. The van der Waals surface area contributed by atoms with Gasteiger partial charge in [-0.1, -0.05) is 57.5 Å². The Morgan fingerprint density at radius 2 is 2.07 bits per heavy atom. The largest absolute Gasteiger partial charge is 0.391 e. The summed E-state index contributed by atoms with van der Waals surface area (Å²) in [5, 5.41) is 7.85. The number of hydrogen-bond donors (Lipinski definition) is 1. The molecule has 148 valence electrons. The molecule has 27 heavy (non-hydrogen) atoms. The molecule has 2 aliphatic carbocycles. The van der Waals surface area contributed by atoms with Crippen molar-refractivity contribution in [1.82, 2.24) is 5.32 Å². The van der Waals surface area contributed by atoms with Gasteiger partial charge in [-0.05, 0) is 66.2 Å². The highest BCUT2D eigenvalue weighted by atomic mass is 16.6. The number of hydrogen-bond acceptors (Lipinski definition) is 3. The minimum Gasteiger partial charge on any atom is -0.391 e. The van der Waals surface area contributed by atoms with E-state index in [-0.39, 0.29) is 16.9 Å². The topological polar surface area (TPSA) is 33.6 Å². The molecule has 0 bridgehead atoms. The summed E-state index contributed by atoms with van der Waals surface area (Å²) in [7, 11) is 0. The number of nitrogens with zero attached hydrogens (tertiary/aromatic N) is 1. The highest BCUT2D eigenvalue weighted by Crippen LogP contribution is 2.56. The molecule has 1 unspecified atom stereocenters. The Balaban J connectivity index is 1.59. The molecule has 0 radical (unpaired) electrons. The smallest absolute Gasteiger partial charge is 0.141 e. The maximum absolute atomic E-state index is 5.80. The number of oxime groups is 1. The van der Waals surface area contributed by atoms with Crippen LogP contribution >= 0.6 is 0 Å². The summed E-state index contributed by atoms with van der Waals surface area (Å²) in [5.41, 5.74) is 5.07. The zero-order valence-corrected chi connectivity index (χ0v) is 17.6. The normalized spacial score (nSPS) is 36.0. The fourth-order valence-corrected chi connectivity index (χ4v) is 6.03. The maximum Gasteiger partial charge on any atom is 0.141 e. The summed E-state index contributed by atoms with van der Waals surface area (Å²) in [5.74, 6) is 1.25. The highest BCUT2D eigenvalue weighted by Gasteiger charge is 2.51. The van der Waals surface area contributed by atoms with Crippen molar-refractivity contribution >= 4 is 6.21 Å². The first-order valence-corrected chi connectivity index (χ1v) is 11.0. The number of aryl methyl sites for hydroxylation is 1. The van der Waals surface area contributed by atoms with Crippen molar-refractivity contribution in [2.24, 2.45) is 16.5 Å². The molecule has 0 spiro atoms. The van der Waals surface area contributed by atoms with Crippen LogP contribution in [0.4, 0.5) is 0 Å². The third-order valence-corrected chi connectivity index (χ3v) is 7.66. The fraction of sp³-hybridized carbons (Fsp3) is 0.708. The molecule has 4 atom stereocenters. The summed E-state index contributed by atoms with van der Waals surface area (Å²) < 4.78 is 0. The molecule has 0 aromatic heterocycles. The minimum atomic E-state index is 0.132. The van der Waals surface area contributed by atoms with Crippen LogP contribution in [0.25, 0.3) is 0 Å². The van der Waals surface area contributed by atoms with E-state index in [4.69, 9.17) is 4.84 Å². The lowest BCUT2D eigenvalue weighted by Gasteiger charge is -2.54. The summed E-state index contributed by atoms with van der Waals surface area (Å²) in [6.07, 6.45) is 9.74. The second-order valence-corrected chi connectivity index (χ2v) is 9.89. The van der Waals surface area contributed by atoms with Gasteiger partial charge in [0.05, 0.1) is 0 Å². The van der Waals surface area contributed by atoms with Gasteiger partial charge < -0.3 is 10.2 Å². The molecular weight excluding hydrogens is 332 g/mol. The van der Waals surface area contributed by atoms with Crippen LogP contribution in [-0.2, 0) is 16.7 Å². The van der Waals surface area contributed by atoms with Crippen molar-refractivity contribution in [3.05, 3.63) is 34.9 Å². The van der Waals surface area contributed by atoms with E-state index in [0.717, 1.165) is 19.5 Å². The second kappa shape index (κ2) is 7.24. The van der Waals surface area contributed by atoms with Crippen molar-refractivity contribution in [2.75, 3.05) is 13.1 Å². The van der Waals surface area contributed by atoms with Gasteiger partial charge in [-0.3, -0.25) is 0 Å². The van der Waals surface area contributed by atoms with Crippen LogP contribution in [0.2, 0.25) is 0 Å². The van der Waals surface area contributed by atoms with Crippen LogP contribution in [0.3, 0.4) is 0 Å². The molecule has 2 fully saturated rings. The Bertz CT molecular complexity index is 706. The molecular formula is C24H36N2O. The summed E-state index contributed by atoms with van der Waals surface area (Å²) >= 11 is 0. The van der Waals surface area contributed by atoms with E-state index < -0.39 is 0 Å². The second-order valence-electron chi connectivity index (χ2n) is 9.89. The standard InChI is InChI=1S/C24H36N2O/c1-17(2)18-6-8-21-19(14-18)7-9-22-23(3,11-5-12-24(21,22)4)16-26-27-20-10-13-25-15-20/h6,8,14,16-17,20,22,25H,5,7,9-13,15H2,1-4H3/t20-,22?,23+,24+/m0/s1. The molecule has 1 saturated heterocycles. The van der Waals surface area contributed by atoms with Gasteiger partial charge in [0.2, 0.25) is 0 Å². The van der Waals surface area contributed by atoms with Gasteiger partial charge in [-0.15, -0.1) is 0 Å². The SMILES string of the molecule is CC(C)c1ccc2c(c1)CCC1[C@@](C)(C=NO[C@H]3CCNC3)CCC[C@]21C. The van der Waals surface area contributed by atoms with E-state index in [0.29, 0.717) is 11.8 Å². The lowest BCUT2D eigenvalue weighted by molar-refractivity contribution is 0.0566. The molecule has 1 aromatic carbocycles. The van der Waals surface area contributed by atoms with E-state index >= 15 is 0 Å². The number of rotatable bonds is 4. The van der Waals surface area contributed by atoms with E-state index in [2.05, 4.69) is 62.6 Å². The van der Waals surface area contributed by atoms with Crippen molar-refractivity contribution in [3.8, 4) is 0 Å². The third kappa shape index (κ3) is 3.44. The Labute approximate surface area is 164 Å². The Kier molecular flexibility index (Phi) is 5.09. The molecule has 3 nitrogen and oxygen atoms in total. The van der Waals surface area contributed by atoms with Gasteiger partial charge in [0, 0.05) is 24.6 Å². The first kappa shape index (κ1) is 19.0. The Morgan fingerprint density at radius 1 is 1.22 bits per heavy atom. The van der Waals surface area contributed by atoms with Gasteiger partial charge in [-0.2, -0.15) is 0 Å². The Hall–Kier alpha value is -1.35. The van der Waals surface area contributed by atoms with Crippen molar-refractivity contribution in [3.63, 3.8) is 0 Å². The summed E-state index contributed by atoms with van der Waals surface area (Å²) in [6.45, 7) is 11.5. The van der Waals surface area contributed by atoms with Crippen LogP contribution in [0.15, 0.2) is 23.4 Å². The fourth-order valence-electron chi connectivity index (χ4n) is 6.03. The van der Waals surface area contributed by atoms with Crippen LogP contribution in [-0.4, -0.2) is 25.4 Å². The van der Waals surface area contributed by atoms with E-state index in [9.17, 15) is 0 Å². The monoisotopic (exact) mass is 368 g/mol. The molecule has 1 aromatic rings. The predicted octanol–water partition coefficient (Wildman–Crippen LogP) is 5.18. The number of fused-ring (bicyclic) bond motifs is 3. The molecule has 3 aliphatic rings. The molecule has 1 heterocycles. The average Bonchev–Trinajstić information content (AvgIpc) is 3.14. The lowest BCUT2D eigenvalue weighted by atomic mass is 9.50. The molecule has 1 aliphatic heterocycles. The van der Waals surface area contributed by atoms with Gasteiger partial charge in [0.1, 0.15) is 6.10 Å². The zero-order valence-electron chi connectivity index (χ0n) is 17.6. The van der Waals surface area contributed by atoms with Crippen molar-refractivity contribution < 1.29 is 4.84 Å². The van der Waals surface area contributed by atoms with Gasteiger partial charge in [0.15, 0.2) is 0 Å². The number of benzene rings is 1. The van der Waals surface area contributed by atoms with E-state index in [1.165, 1.54) is 37.7 Å². The van der Waals surface area contributed by atoms with E-state index in [1.54, 1.807) is 11.1 Å². The summed E-state index contributed by atoms with van der Waals surface area (Å²) in [4.78, 5) is 5.80. The zero-order chi connectivity index (χ0) is 19.1. The lowest BCUT2D eigenvalue weighted by Crippen LogP contribution is -2.49. The molecule has 4 rings (SSSR count).